The molecule has 0 aromatic rings. The maximum Gasteiger partial charge on any atom is 0.335 e. The van der Waals surface area contributed by atoms with Gasteiger partial charge in [-0.25, -0.2) is 4.79 Å². The summed E-state index contributed by atoms with van der Waals surface area (Å²) in [6.45, 7) is 0.739. The van der Waals surface area contributed by atoms with E-state index in [1.54, 1.807) is 0 Å². The Labute approximate surface area is 103 Å². The van der Waals surface area contributed by atoms with Crippen LogP contribution in [0.15, 0.2) is 0 Å². The number of rotatable bonds is 4. The molecule has 0 radical (unpaired) electrons. The lowest BCUT2D eigenvalue weighted by atomic mass is 10.0. The van der Waals surface area contributed by atoms with E-state index in [2.05, 4.69) is 0 Å². The van der Waals surface area contributed by atoms with Crippen molar-refractivity contribution in [3.05, 3.63) is 0 Å². The standard InChI is InChI=1S/C13H22O4/c1-15-13(14)12(10-6-2-3-7-10)17-11-8-4-5-9-16-11/h10-12H,2-9H2,1H3/t11?,12-/m1/s1. The third-order valence-corrected chi connectivity index (χ3v) is 3.70. The highest BCUT2D eigenvalue weighted by atomic mass is 16.7. The highest BCUT2D eigenvalue weighted by molar-refractivity contribution is 5.75. The van der Waals surface area contributed by atoms with Crippen molar-refractivity contribution in [1.29, 1.82) is 0 Å². The highest BCUT2D eigenvalue weighted by Gasteiger charge is 2.34. The molecule has 4 heteroatoms. The van der Waals surface area contributed by atoms with Crippen LogP contribution in [0.1, 0.15) is 44.9 Å². The second-order valence-corrected chi connectivity index (χ2v) is 4.92. The second-order valence-electron chi connectivity index (χ2n) is 4.92. The fourth-order valence-corrected chi connectivity index (χ4v) is 2.72. The molecule has 98 valence electrons. The molecule has 1 unspecified atom stereocenters. The van der Waals surface area contributed by atoms with Gasteiger partial charge in [0, 0.05) is 6.61 Å². The normalized spacial score (nSPS) is 27.9. The summed E-state index contributed by atoms with van der Waals surface area (Å²) in [5.74, 6) is 0.0686. The summed E-state index contributed by atoms with van der Waals surface area (Å²) in [6, 6.07) is 0. The van der Waals surface area contributed by atoms with E-state index in [1.165, 1.54) is 20.0 Å². The lowest BCUT2D eigenvalue weighted by Crippen LogP contribution is -2.38. The number of hydrogen-bond acceptors (Lipinski definition) is 4. The van der Waals surface area contributed by atoms with E-state index < -0.39 is 6.10 Å². The van der Waals surface area contributed by atoms with Crippen LogP contribution < -0.4 is 0 Å². The highest BCUT2D eigenvalue weighted by Crippen LogP contribution is 2.31. The number of esters is 1. The SMILES string of the molecule is COC(=O)[C@H](OC1CCCCO1)C1CCCC1. The monoisotopic (exact) mass is 242 g/mol. The van der Waals surface area contributed by atoms with Crippen molar-refractivity contribution >= 4 is 5.97 Å². The first-order chi connectivity index (χ1) is 8.31. The van der Waals surface area contributed by atoms with Crippen molar-refractivity contribution < 1.29 is 19.0 Å². The van der Waals surface area contributed by atoms with E-state index in [4.69, 9.17) is 14.2 Å². The molecule has 2 aliphatic rings. The summed E-state index contributed by atoms with van der Waals surface area (Å²) in [5, 5.41) is 0. The van der Waals surface area contributed by atoms with Crippen molar-refractivity contribution in [3.8, 4) is 0 Å². The summed E-state index contributed by atoms with van der Waals surface area (Å²) >= 11 is 0. The molecular formula is C13H22O4. The quantitative estimate of drug-likeness (QED) is 0.709. The Hall–Kier alpha value is -0.610. The summed E-state index contributed by atoms with van der Waals surface area (Å²) in [7, 11) is 1.43. The number of hydrogen-bond donors (Lipinski definition) is 0. The predicted octanol–water partition coefficient (Wildman–Crippen LogP) is 2.26. The molecule has 1 aliphatic carbocycles. The van der Waals surface area contributed by atoms with Crippen LogP contribution in [0.5, 0.6) is 0 Å². The fraction of sp³-hybridized carbons (Fsp3) is 0.923. The minimum absolute atomic E-state index is 0.214. The van der Waals surface area contributed by atoms with Crippen molar-refractivity contribution in [3.63, 3.8) is 0 Å². The Morgan fingerprint density at radius 1 is 1.18 bits per heavy atom. The van der Waals surface area contributed by atoms with Gasteiger partial charge in [-0.2, -0.15) is 0 Å². The van der Waals surface area contributed by atoms with Gasteiger partial charge in [-0.3, -0.25) is 0 Å². The Morgan fingerprint density at radius 3 is 2.47 bits per heavy atom. The van der Waals surface area contributed by atoms with Gasteiger partial charge in [0.25, 0.3) is 0 Å². The third-order valence-electron chi connectivity index (χ3n) is 3.70. The Kier molecular flexibility index (Phi) is 4.80. The van der Waals surface area contributed by atoms with Crippen LogP contribution >= 0.6 is 0 Å². The average molecular weight is 242 g/mol. The van der Waals surface area contributed by atoms with Crippen LogP contribution in [0.2, 0.25) is 0 Å². The molecule has 2 rings (SSSR count). The molecule has 0 N–H and O–H groups in total. The van der Waals surface area contributed by atoms with Gasteiger partial charge >= 0.3 is 5.97 Å². The molecular weight excluding hydrogens is 220 g/mol. The first-order valence-electron chi connectivity index (χ1n) is 6.66. The number of ether oxygens (including phenoxy) is 3. The maximum atomic E-state index is 11.8. The molecule has 4 nitrogen and oxygen atoms in total. The van der Waals surface area contributed by atoms with E-state index >= 15 is 0 Å². The average Bonchev–Trinajstić information content (AvgIpc) is 2.90. The molecule has 2 fully saturated rings. The third kappa shape index (κ3) is 3.42. The zero-order valence-corrected chi connectivity index (χ0v) is 10.5. The maximum absolute atomic E-state index is 11.8. The van der Waals surface area contributed by atoms with E-state index in [1.807, 2.05) is 0 Å². The first kappa shape index (κ1) is 12.8. The summed E-state index contributed by atoms with van der Waals surface area (Å²) < 4.78 is 16.2. The molecule has 0 aromatic heterocycles. The molecule has 0 amide bonds. The van der Waals surface area contributed by atoms with Gasteiger partial charge in [0.1, 0.15) is 0 Å². The molecule has 1 heterocycles. The lowest BCUT2D eigenvalue weighted by Gasteiger charge is -2.29. The van der Waals surface area contributed by atoms with Gasteiger partial charge in [0.15, 0.2) is 12.4 Å². The topological polar surface area (TPSA) is 44.8 Å². The molecule has 0 bridgehead atoms. The van der Waals surface area contributed by atoms with Crippen LogP contribution in [-0.2, 0) is 19.0 Å². The molecule has 17 heavy (non-hydrogen) atoms. The molecule has 2 atom stereocenters. The van der Waals surface area contributed by atoms with Gasteiger partial charge in [-0.05, 0) is 38.0 Å². The minimum atomic E-state index is -0.425. The van der Waals surface area contributed by atoms with E-state index in [-0.39, 0.29) is 12.3 Å². The van der Waals surface area contributed by atoms with E-state index in [9.17, 15) is 4.79 Å². The Morgan fingerprint density at radius 2 is 1.88 bits per heavy atom. The van der Waals surface area contributed by atoms with Crippen LogP contribution in [0.25, 0.3) is 0 Å². The molecule has 0 spiro atoms. The smallest absolute Gasteiger partial charge is 0.335 e. The molecule has 1 saturated heterocycles. The van der Waals surface area contributed by atoms with Gasteiger partial charge in [0.2, 0.25) is 0 Å². The molecule has 0 aromatic carbocycles. The minimum Gasteiger partial charge on any atom is -0.467 e. The van der Waals surface area contributed by atoms with Gasteiger partial charge in [-0.1, -0.05) is 12.8 Å². The fourth-order valence-electron chi connectivity index (χ4n) is 2.72. The predicted molar refractivity (Wildman–Crippen MR) is 62.4 cm³/mol. The van der Waals surface area contributed by atoms with E-state index in [0.29, 0.717) is 5.92 Å². The van der Waals surface area contributed by atoms with Crippen LogP contribution in [-0.4, -0.2) is 32.1 Å². The Bertz CT molecular complexity index is 242. The summed E-state index contributed by atoms with van der Waals surface area (Å²) in [6.07, 6.45) is 6.95. The van der Waals surface area contributed by atoms with Crippen LogP contribution in [0, 0.1) is 5.92 Å². The number of methoxy groups -OCH3 is 1. The number of carbonyl (C=O) groups excluding carboxylic acids is 1. The van der Waals surface area contributed by atoms with Crippen molar-refractivity contribution in [2.45, 2.75) is 57.3 Å². The summed E-state index contributed by atoms with van der Waals surface area (Å²) in [5.41, 5.74) is 0. The van der Waals surface area contributed by atoms with Crippen molar-refractivity contribution in [2.24, 2.45) is 5.92 Å². The second kappa shape index (κ2) is 6.36. The Balaban J connectivity index is 1.91. The molecule has 1 aliphatic heterocycles. The van der Waals surface area contributed by atoms with Crippen LogP contribution in [0.3, 0.4) is 0 Å². The van der Waals surface area contributed by atoms with Crippen molar-refractivity contribution in [1.82, 2.24) is 0 Å². The summed E-state index contributed by atoms with van der Waals surface area (Å²) in [4.78, 5) is 11.8. The largest absolute Gasteiger partial charge is 0.467 e. The van der Waals surface area contributed by atoms with Gasteiger partial charge in [-0.15, -0.1) is 0 Å². The van der Waals surface area contributed by atoms with Gasteiger partial charge in [0.05, 0.1) is 7.11 Å². The van der Waals surface area contributed by atoms with Gasteiger partial charge < -0.3 is 14.2 Å². The van der Waals surface area contributed by atoms with E-state index in [0.717, 1.165) is 38.7 Å². The van der Waals surface area contributed by atoms with Crippen molar-refractivity contribution in [2.75, 3.05) is 13.7 Å². The lowest BCUT2D eigenvalue weighted by molar-refractivity contribution is -0.210. The molecule has 1 saturated carbocycles. The first-order valence-corrected chi connectivity index (χ1v) is 6.66. The van der Waals surface area contributed by atoms with Crippen LogP contribution in [0.4, 0.5) is 0 Å². The zero-order valence-electron chi connectivity index (χ0n) is 10.5. The number of carbonyl (C=O) groups is 1. The zero-order chi connectivity index (χ0) is 12.1.